The van der Waals surface area contributed by atoms with Crippen LogP contribution in [-0.2, 0) is 37.1 Å². The second-order valence-electron chi connectivity index (χ2n) is 9.48. The number of fused-ring (bicyclic) bond motifs is 1. The quantitative estimate of drug-likeness (QED) is 0.260. The van der Waals surface area contributed by atoms with E-state index in [0.29, 0.717) is 18.5 Å². The van der Waals surface area contributed by atoms with Crippen LogP contribution in [-0.4, -0.2) is 39.3 Å². The zero-order chi connectivity index (χ0) is 27.1. The van der Waals surface area contributed by atoms with Gasteiger partial charge in [-0.2, -0.15) is 0 Å². The molecule has 0 aliphatic heterocycles. The van der Waals surface area contributed by atoms with E-state index in [-0.39, 0.29) is 25.4 Å². The Morgan fingerprint density at radius 1 is 0.947 bits per heavy atom. The number of halogens is 2. The molecule has 0 saturated carbocycles. The zero-order valence-corrected chi connectivity index (χ0v) is 21.8. The lowest BCUT2D eigenvalue weighted by atomic mass is 10.0. The van der Waals surface area contributed by atoms with Crippen LogP contribution < -0.4 is 10.6 Å². The molecule has 4 aromatic rings. The van der Waals surface area contributed by atoms with E-state index >= 15 is 0 Å². The summed E-state index contributed by atoms with van der Waals surface area (Å²) in [6, 6.07) is 18.3. The van der Waals surface area contributed by atoms with Crippen LogP contribution in [0.2, 0.25) is 0 Å². The van der Waals surface area contributed by atoms with Crippen molar-refractivity contribution >= 4 is 16.9 Å². The highest BCUT2D eigenvalue weighted by atomic mass is 19.1. The van der Waals surface area contributed by atoms with Gasteiger partial charge in [-0.1, -0.05) is 50.2 Å². The van der Waals surface area contributed by atoms with E-state index in [1.807, 2.05) is 47.9 Å². The standard InChI is InChI=1S/C30H34F2N4O2/c1-3-20-8-7-9-21(12-20)17-33-18-28(37)26(15-22-13-23(31)16-24(32)14-22)35-30(38)19-36-27-11-6-5-10-25(27)34-29(36)4-2/h5-14,16,26,28,33,37H,3-4,15,17-19H2,1-2H3,(H,35,38). The Balaban J connectivity index is 1.48. The molecule has 0 fully saturated rings. The minimum atomic E-state index is -0.996. The Bertz CT molecular complexity index is 1370. The molecule has 38 heavy (non-hydrogen) atoms. The highest BCUT2D eigenvalue weighted by molar-refractivity contribution is 5.81. The summed E-state index contributed by atoms with van der Waals surface area (Å²) >= 11 is 0. The molecule has 0 radical (unpaired) electrons. The van der Waals surface area contributed by atoms with E-state index in [9.17, 15) is 18.7 Å². The van der Waals surface area contributed by atoms with Crippen molar-refractivity contribution in [3.8, 4) is 0 Å². The number of hydrogen-bond acceptors (Lipinski definition) is 4. The van der Waals surface area contributed by atoms with Gasteiger partial charge in [0.1, 0.15) is 24.0 Å². The Hall–Kier alpha value is -3.62. The molecule has 8 heteroatoms. The van der Waals surface area contributed by atoms with Crippen molar-refractivity contribution in [2.24, 2.45) is 0 Å². The Morgan fingerprint density at radius 2 is 1.68 bits per heavy atom. The predicted octanol–water partition coefficient (Wildman–Crippen LogP) is 4.32. The second kappa shape index (κ2) is 12.8. The van der Waals surface area contributed by atoms with Gasteiger partial charge in [-0.25, -0.2) is 13.8 Å². The highest BCUT2D eigenvalue weighted by Gasteiger charge is 2.23. The minimum Gasteiger partial charge on any atom is -0.390 e. The second-order valence-corrected chi connectivity index (χ2v) is 9.48. The molecule has 2 unspecified atom stereocenters. The number of aliphatic hydroxyl groups is 1. The van der Waals surface area contributed by atoms with Gasteiger partial charge >= 0.3 is 0 Å². The smallest absolute Gasteiger partial charge is 0.240 e. The fourth-order valence-electron chi connectivity index (χ4n) is 4.70. The van der Waals surface area contributed by atoms with Gasteiger partial charge in [0.15, 0.2) is 0 Å². The van der Waals surface area contributed by atoms with Crippen molar-refractivity contribution in [3.63, 3.8) is 0 Å². The van der Waals surface area contributed by atoms with Crippen molar-refractivity contribution in [1.29, 1.82) is 0 Å². The van der Waals surface area contributed by atoms with Crippen molar-refractivity contribution in [2.75, 3.05) is 6.54 Å². The molecule has 1 heterocycles. The molecule has 0 saturated heterocycles. The van der Waals surface area contributed by atoms with Crippen LogP contribution in [0.15, 0.2) is 66.7 Å². The minimum absolute atomic E-state index is 0.0155. The first-order valence-electron chi connectivity index (χ1n) is 13.0. The number of rotatable bonds is 12. The fourth-order valence-corrected chi connectivity index (χ4v) is 4.70. The number of aliphatic hydroxyl groups excluding tert-OH is 1. The summed E-state index contributed by atoms with van der Waals surface area (Å²) in [7, 11) is 0. The van der Waals surface area contributed by atoms with Gasteiger partial charge in [-0.3, -0.25) is 4.79 Å². The van der Waals surface area contributed by atoms with E-state index in [1.165, 1.54) is 17.7 Å². The van der Waals surface area contributed by atoms with Gasteiger partial charge in [0.05, 0.1) is 23.2 Å². The summed E-state index contributed by atoms with van der Waals surface area (Å²) in [5.74, 6) is -0.946. The molecule has 3 N–H and O–H groups in total. The summed E-state index contributed by atoms with van der Waals surface area (Å²) in [6.07, 6.45) is 0.658. The number of para-hydroxylation sites is 2. The van der Waals surface area contributed by atoms with Crippen LogP contribution >= 0.6 is 0 Å². The van der Waals surface area contributed by atoms with E-state index < -0.39 is 23.8 Å². The molecule has 2 atom stereocenters. The van der Waals surface area contributed by atoms with Crippen LogP contribution in [0.5, 0.6) is 0 Å². The number of carbonyl (C=O) groups excluding carboxylic acids is 1. The third-order valence-corrected chi connectivity index (χ3v) is 6.62. The van der Waals surface area contributed by atoms with Gasteiger partial charge in [0.25, 0.3) is 0 Å². The molecule has 0 bridgehead atoms. The number of aryl methyl sites for hydroxylation is 2. The monoisotopic (exact) mass is 520 g/mol. The summed E-state index contributed by atoms with van der Waals surface area (Å²) in [4.78, 5) is 17.8. The zero-order valence-electron chi connectivity index (χ0n) is 21.8. The van der Waals surface area contributed by atoms with Crippen LogP contribution in [0.1, 0.15) is 36.4 Å². The van der Waals surface area contributed by atoms with Gasteiger partial charge in [0.2, 0.25) is 5.91 Å². The summed E-state index contributed by atoms with van der Waals surface area (Å²) < 4.78 is 29.6. The lowest BCUT2D eigenvalue weighted by Gasteiger charge is -2.25. The lowest BCUT2D eigenvalue weighted by molar-refractivity contribution is -0.123. The molecule has 3 aromatic carbocycles. The lowest BCUT2D eigenvalue weighted by Crippen LogP contribution is -2.49. The average Bonchev–Trinajstić information content (AvgIpc) is 3.25. The largest absolute Gasteiger partial charge is 0.390 e. The third kappa shape index (κ3) is 7.02. The van der Waals surface area contributed by atoms with E-state index in [4.69, 9.17) is 0 Å². The van der Waals surface area contributed by atoms with E-state index in [0.717, 1.165) is 34.9 Å². The van der Waals surface area contributed by atoms with Crippen LogP contribution in [0.25, 0.3) is 11.0 Å². The number of nitrogens with zero attached hydrogens (tertiary/aromatic N) is 2. The van der Waals surface area contributed by atoms with Gasteiger partial charge < -0.3 is 20.3 Å². The van der Waals surface area contributed by atoms with Crippen LogP contribution in [0.4, 0.5) is 8.78 Å². The maximum Gasteiger partial charge on any atom is 0.240 e. The van der Waals surface area contributed by atoms with E-state index in [1.54, 1.807) is 0 Å². The summed E-state index contributed by atoms with van der Waals surface area (Å²) in [5, 5.41) is 17.2. The van der Waals surface area contributed by atoms with Gasteiger partial charge in [-0.05, 0) is 53.8 Å². The molecule has 0 aliphatic rings. The average molecular weight is 521 g/mol. The first-order valence-corrected chi connectivity index (χ1v) is 13.0. The van der Waals surface area contributed by atoms with Crippen LogP contribution in [0.3, 0.4) is 0 Å². The number of benzene rings is 3. The number of nitrogens with one attached hydrogen (secondary N) is 2. The molecular formula is C30H34F2N4O2. The first-order chi connectivity index (χ1) is 18.4. The Morgan fingerprint density at radius 3 is 2.42 bits per heavy atom. The third-order valence-electron chi connectivity index (χ3n) is 6.62. The number of aromatic nitrogens is 2. The molecule has 1 aromatic heterocycles. The van der Waals surface area contributed by atoms with Crippen molar-refractivity contribution in [3.05, 3.63) is 101 Å². The topological polar surface area (TPSA) is 79.2 Å². The maximum atomic E-state index is 13.9. The number of hydrogen-bond donors (Lipinski definition) is 3. The number of imidazole rings is 1. The molecular weight excluding hydrogens is 486 g/mol. The summed E-state index contributed by atoms with van der Waals surface area (Å²) in [5.41, 5.74) is 4.31. The van der Waals surface area contributed by atoms with E-state index in [2.05, 4.69) is 34.7 Å². The van der Waals surface area contributed by atoms with Gasteiger partial charge in [-0.15, -0.1) is 0 Å². The molecule has 200 valence electrons. The SMILES string of the molecule is CCc1cccc(CNCC(O)C(Cc2cc(F)cc(F)c2)NC(=O)Cn2c(CC)nc3ccccc32)c1. The molecule has 6 nitrogen and oxygen atoms in total. The number of amides is 1. The van der Waals surface area contributed by atoms with Crippen molar-refractivity contribution in [2.45, 2.75) is 58.3 Å². The maximum absolute atomic E-state index is 13.9. The fraction of sp³-hybridized carbons (Fsp3) is 0.333. The Kier molecular flexibility index (Phi) is 9.20. The highest BCUT2D eigenvalue weighted by Crippen LogP contribution is 2.17. The Labute approximate surface area is 221 Å². The number of carbonyl (C=O) groups is 1. The predicted molar refractivity (Wildman–Crippen MR) is 145 cm³/mol. The molecule has 0 aliphatic carbocycles. The molecule has 4 rings (SSSR count). The van der Waals surface area contributed by atoms with Crippen molar-refractivity contribution in [1.82, 2.24) is 20.2 Å². The van der Waals surface area contributed by atoms with Crippen molar-refractivity contribution < 1.29 is 18.7 Å². The van der Waals surface area contributed by atoms with Gasteiger partial charge in [0, 0.05) is 25.6 Å². The first kappa shape index (κ1) is 27.4. The summed E-state index contributed by atoms with van der Waals surface area (Å²) in [6.45, 7) is 4.81. The molecule has 0 spiro atoms. The van der Waals surface area contributed by atoms with Crippen LogP contribution in [0, 0.1) is 11.6 Å². The normalized spacial score (nSPS) is 13.0. The molecule has 1 amide bonds.